The highest BCUT2D eigenvalue weighted by atomic mass is 15.3. The number of nitrogens with one attached hydrogen (secondary N) is 1. The summed E-state index contributed by atoms with van der Waals surface area (Å²) < 4.78 is 0. The van der Waals surface area contributed by atoms with Crippen LogP contribution in [0.5, 0.6) is 0 Å². The number of piperazine rings is 1. The number of nitrogens with zero attached hydrogens (tertiary/aromatic N) is 2. The maximum Gasteiger partial charge on any atom is 0.0236 e. The third-order valence-electron chi connectivity index (χ3n) is 3.39. The molecule has 2 aliphatic heterocycles. The molecule has 3 nitrogen and oxygen atoms in total. The van der Waals surface area contributed by atoms with E-state index >= 15 is 0 Å². The quantitative estimate of drug-likeness (QED) is 0.616. The van der Waals surface area contributed by atoms with Gasteiger partial charge in [-0.1, -0.05) is 0 Å². The van der Waals surface area contributed by atoms with Gasteiger partial charge in [-0.05, 0) is 26.9 Å². The van der Waals surface area contributed by atoms with E-state index in [4.69, 9.17) is 0 Å². The predicted octanol–water partition coefficient (Wildman–Crippen LogP) is -0.0158. The Morgan fingerprint density at radius 3 is 2.77 bits per heavy atom. The second-order valence-corrected chi connectivity index (χ2v) is 4.50. The van der Waals surface area contributed by atoms with Gasteiger partial charge in [0.05, 0.1) is 0 Å². The lowest BCUT2D eigenvalue weighted by Gasteiger charge is -2.41. The maximum atomic E-state index is 3.45. The van der Waals surface area contributed by atoms with Crippen molar-refractivity contribution in [3.05, 3.63) is 0 Å². The second-order valence-electron chi connectivity index (χ2n) is 4.50. The van der Waals surface area contributed by atoms with Crippen molar-refractivity contribution in [3.8, 4) is 0 Å². The van der Waals surface area contributed by atoms with Crippen LogP contribution in [0.4, 0.5) is 0 Å². The van der Waals surface area contributed by atoms with Gasteiger partial charge in [0.2, 0.25) is 0 Å². The Balaban J connectivity index is 1.91. The molecular formula is C10H21N3. The van der Waals surface area contributed by atoms with E-state index in [2.05, 4.69) is 29.1 Å². The molecule has 2 atom stereocenters. The standard InChI is InChI=1S/C10H21N3/c1-9-8-12(2)5-6-13(9)10-3-4-11-7-10/h9-11H,3-8H2,1-2H3/t9-,10-/m0/s1. The van der Waals surface area contributed by atoms with E-state index in [0.717, 1.165) is 12.1 Å². The van der Waals surface area contributed by atoms with Gasteiger partial charge in [0, 0.05) is 38.3 Å². The van der Waals surface area contributed by atoms with Gasteiger partial charge in [-0.15, -0.1) is 0 Å². The lowest BCUT2D eigenvalue weighted by atomic mass is 10.1. The lowest BCUT2D eigenvalue weighted by Crippen LogP contribution is -2.54. The fraction of sp³-hybridized carbons (Fsp3) is 1.00. The molecule has 76 valence electrons. The van der Waals surface area contributed by atoms with E-state index in [-0.39, 0.29) is 0 Å². The first-order valence-corrected chi connectivity index (χ1v) is 5.42. The van der Waals surface area contributed by atoms with Crippen LogP contribution < -0.4 is 5.32 Å². The minimum absolute atomic E-state index is 0.739. The number of likely N-dealkylation sites (N-methyl/N-ethyl adjacent to an activating group) is 1. The molecule has 0 aromatic carbocycles. The molecule has 2 fully saturated rings. The molecule has 0 bridgehead atoms. The Hall–Kier alpha value is -0.120. The van der Waals surface area contributed by atoms with Crippen molar-refractivity contribution >= 4 is 0 Å². The summed E-state index contributed by atoms with van der Waals surface area (Å²) in [4.78, 5) is 5.11. The summed E-state index contributed by atoms with van der Waals surface area (Å²) in [6, 6.07) is 1.55. The van der Waals surface area contributed by atoms with Gasteiger partial charge in [0.25, 0.3) is 0 Å². The van der Waals surface area contributed by atoms with E-state index in [1.807, 2.05) is 0 Å². The minimum atomic E-state index is 0.739. The van der Waals surface area contributed by atoms with Crippen molar-refractivity contribution in [2.75, 3.05) is 39.8 Å². The van der Waals surface area contributed by atoms with Gasteiger partial charge in [-0.3, -0.25) is 4.90 Å². The fourth-order valence-electron chi connectivity index (χ4n) is 2.62. The number of rotatable bonds is 1. The fourth-order valence-corrected chi connectivity index (χ4v) is 2.62. The lowest BCUT2D eigenvalue weighted by molar-refractivity contribution is 0.0680. The molecule has 0 saturated carbocycles. The van der Waals surface area contributed by atoms with E-state index in [1.54, 1.807) is 0 Å². The Bertz CT molecular complexity index is 166. The minimum Gasteiger partial charge on any atom is -0.315 e. The number of hydrogen-bond donors (Lipinski definition) is 1. The third kappa shape index (κ3) is 2.03. The van der Waals surface area contributed by atoms with Gasteiger partial charge in [-0.25, -0.2) is 0 Å². The van der Waals surface area contributed by atoms with Gasteiger partial charge in [-0.2, -0.15) is 0 Å². The largest absolute Gasteiger partial charge is 0.315 e. The van der Waals surface area contributed by atoms with E-state index in [9.17, 15) is 0 Å². The van der Waals surface area contributed by atoms with Gasteiger partial charge in [0.1, 0.15) is 0 Å². The second kappa shape index (κ2) is 3.95. The average Bonchev–Trinajstić information content (AvgIpc) is 2.56. The molecule has 0 amide bonds. The Morgan fingerprint density at radius 1 is 1.31 bits per heavy atom. The van der Waals surface area contributed by atoms with Crippen LogP contribution in [0, 0.1) is 0 Å². The Morgan fingerprint density at radius 2 is 2.15 bits per heavy atom. The van der Waals surface area contributed by atoms with Crippen molar-refractivity contribution in [2.24, 2.45) is 0 Å². The average molecular weight is 183 g/mol. The highest BCUT2D eigenvalue weighted by Gasteiger charge is 2.29. The first kappa shape index (κ1) is 9.44. The summed E-state index contributed by atoms with van der Waals surface area (Å²) in [7, 11) is 2.22. The first-order valence-electron chi connectivity index (χ1n) is 5.42. The molecule has 13 heavy (non-hydrogen) atoms. The van der Waals surface area contributed by atoms with Gasteiger partial charge in [0.15, 0.2) is 0 Å². The Kier molecular flexibility index (Phi) is 2.86. The zero-order chi connectivity index (χ0) is 9.26. The summed E-state index contributed by atoms with van der Waals surface area (Å²) in [5.74, 6) is 0. The molecule has 0 aliphatic carbocycles. The molecule has 1 N–H and O–H groups in total. The predicted molar refractivity (Wildman–Crippen MR) is 54.9 cm³/mol. The SMILES string of the molecule is C[C@H]1CN(C)CCN1[C@H]1CCNC1. The molecule has 0 unspecified atom stereocenters. The highest BCUT2D eigenvalue weighted by molar-refractivity contribution is 4.87. The monoisotopic (exact) mass is 183 g/mol. The molecule has 0 spiro atoms. The van der Waals surface area contributed by atoms with Crippen LogP contribution in [0.3, 0.4) is 0 Å². The summed E-state index contributed by atoms with van der Waals surface area (Å²) >= 11 is 0. The van der Waals surface area contributed by atoms with Gasteiger partial charge < -0.3 is 10.2 Å². The van der Waals surface area contributed by atoms with E-state index in [0.29, 0.717) is 0 Å². The van der Waals surface area contributed by atoms with Crippen molar-refractivity contribution < 1.29 is 0 Å². The molecule has 0 aromatic rings. The van der Waals surface area contributed by atoms with Gasteiger partial charge >= 0.3 is 0 Å². The molecule has 0 aromatic heterocycles. The van der Waals surface area contributed by atoms with Crippen molar-refractivity contribution in [1.29, 1.82) is 0 Å². The topological polar surface area (TPSA) is 18.5 Å². The van der Waals surface area contributed by atoms with E-state index < -0.39 is 0 Å². The molecule has 2 saturated heterocycles. The summed E-state index contributed by atoms with van der Waals surface area (Å²) in [6.07, 6.45) is 1.34. The normalized spacial score (nSPS) is 38.3. The highest BCUT2D eigenvalue weighted by Crippen LogP contribution is 2.15. The van der Waals surface area contributed by atoms with Crippen molar-refractivity contribution in [2.45, 2.75) is 25.4 Å². The maximum absolute atomic E-state index is 3.45. The zero-order valence-corrected chi connectivity index (χ0v) is 8.79. The van der Waals surface area contributed by atoms with Crippen molar-refractivity contribution in [3.63, 3.8) is 0 Å². The molecular weight excluding hydrogens is 162 g/mol. The third-order valence-corrected chi connectivity index (χ3v) is 3.39. The summed E-state index contributed by atoms with van der Waals surface area (Å²) in [6.45, 7) is 8.49. The van der Waals surface area contributed by atoms with E-state index in [1.165, 1.54) is 39.1 Å². The van der Waals surface area contributed by atoms with Crippen LogP contribution in [0.25, 0.3) is 0 Å². The molecule has 2 aliphatic rings. The van der Waals surface area contributed by atoms with Crippen LogP contribution in [-0.4, -0.2) is 61.7 Å². The smallest absolute Gasteiger partial charge is 0.0236 e. The molecule has 3 heteroatoms. The van der Waals surface area contributed by atoms with Crippen LogP contribution in [0.2, 0.25) is 0 Å². The van der Waals surface area contributed by atoms with Crippen LogP contribution >= 0.6 is 0 Å². The zero-order valence-electron chi connectivity index (χ0n) is 8.79. The van der Waals surface area contributed by atoms with Crippen LogP contribution in [-0.2, 0) is 0 Å². The van der Waals surface area contributed by atoms with Crippen LogP contribution in [0.1, 0.15) is 13.3 Å². The molecule has 2 heterocycles. The summed E-state index contributed by atoms with van der Waals surface area (Å²) in [5, 5.41) is 3.45. The van der Waals surface area contributed by atoms with Crippen LogP contribution in [0.15, 0.2) is 0 Å². The Labute approximate surface area is 81.1 Å². The number of hydrogen-bond acceptors (Lipinski definition) is 3. The van der Waals surface area contributed by atoms with Crippen molar-refractivity contribution in [1.82, 2.24) is 15.1 Å². The first-order chi connectivity index (χ1) is 6.27. The molecule has 2 rings (SSSR count). The molecule has 0 radical (unpaired) electrons. The summed E-state index contributed by atoms with van der Waals surface area (Å²) in [5.41, 5.74) is 0.